The number of nitrogens with one attached hydrogen (secondary N) is 1. The standard InChI is InChI=1S/C20H23N3O2/c1-12-22-23-18(25-12)16-3-2-4-17(8-16)21-19(24)20-9-13-5-14(10-20)7-15(6-13)11-20/h2-4,8,13-15H,5-7,9-11H2,1H3,(H,21,24). The molecule has 4 bridgehead atoms. The molecule has 2 aromatic rings. The van der Waals surface area contributed by atoms with Crippen LogP contribution in [0.2, 0.25) is 0 Å². The van der Waals surface area contributed by atoms with Crippen molar-refractivity contribution in [2.24, 2.45) is 23.2 Å². The number of hydrogen-bond donors (Lipinski definition) is 1. The molecule has 25 heavy (non-hydrogen) atoms. The van der Waals surface area contributed by atoms with E-state index in [9.17, 15) is 4.79 Å². The highest BCUT2D eigenvalue weighted by atomic mass is 16.4. The van der Waals surface area contributed by atoms with Crippen LogP contribution < -0.4 is 5.32 Å². The van der Waals surface area contributed by atoms with Crippen LogP contribution in [0.4, 0.5) is 5.69 Å². The second-order valence-electron chi connectivity index (χ2n) is 8.36. The van der Waals surface area contributed by atoms with Gasteiger partial charge in [0, 0.05) is 18.2 Å². The Morgan fingerprint density at radius 3 is 2.40 bits per heavy atom. The molecule has 0 atom stereocenters. The van der Waals surface area contributed by atoms with Gasteiger partial charge in [0.15, 0.2) is 0 Å². The summed E-state index contributed by atoms with van der Waals surface area (Å²) in [5, 5.41) is 11.1. The van der Waals surface area contributed by atoms with E-state index in [0.717, 1.165) is 48.3 Å². The third-order valence-corrected chi connectivity index (χ3v) is 6.41. The fourth-order valence-electron chi connectivity index (χ4n) is 5.80. The fraction of sp³-hybridized carbons (Fsp3) is 0.550. The Kier molecular flexibility index (Phi) is 3.27. The highest BCUT2D eigenvalue weighted by molar-refractivity contribution is 5.96. The molecule has 4 saturated carbocycles. The van der Waals surface area contributed by atoms with Crippen LogP contribution in [-0.2, 0) is 4.79 Å². The first-order valence-electron chi connectivity index (χ1n) is 9.32. The molecule has 0 radical (unpaired) electrons. The SMILES string of the molecule is Cc1nnc(-c2cccc(NC(=O)C34CC5CC(CC(C5)C3)C4)c2)o1. The Hall–Kier alpha value is -2.17. The van der Waals surface area contributed by atoms with Gasteiger partial charge < -0.3 is 9.73 Å². The number of aryl methyl sites for hydroxylation is 1. The summed E-state index contributed by atoms with van der Waals surface area (Å²) in [4.78, 5) is 13.2. The summed E-state index contributed by atoms with van der Waals surface area (Å²) in [6.45, 7) is 1.77. The van der Waals surface area contributed by atoms with E-state index >= 15 is 0 Å². The Morgan fingerprint density at radius 1 is 1.12 bits per heavy atom. The van der Waals surface area contributed by atoms with Gasteiger partial charge in [0.25, 0.3) is 0 Å². The van der Waals surface area contributed by atoms with Crippen molar-refractivity contribution >= 4 is 11.6 Å². The molecule has 1 aromatic heterocycles. The highest BCUT2D eigenvalue weighted by Crippen LogP contribution is 2.60. The van der Waals surface area contributed by atoms with Crippen molar-refractivity contribution in [3.8, 4) is 11.5 Å². The Labute approximate surface area is 147 Å². The summed E-state index contributed by atoms with van der Waals surface area (Å²) < 4.78 is 5.49. The van der Waals surface area contributed by atoms with Crippen molar-refractivity contribution in [2.75, 3.05) is 5.32 Å². The van der Waals surface area contributed by atoms with Gasteiger partial charge in [-0.05, 0) is 74.5 Å². The van der Waals surface area contributed by atoms with Crippen molar-refractivity contribution in [1.82, 2.24) is 10.2 Å². The Morgan fingerprint density at radius 2 is 1.80 bits per heavy atom. The zero-order valence-corrected chi connectivity index (χ0v) is 14.5. The third-order valence-electron chi connectivity index (χ3n) is 6.41. The molecule has 5 nitrogen and oxygen atoms in total. The first kappa shape index (κ1) is 15.1. The van der Waals surface area contributed by atoms with Crippen molar-refractivity contribution in [3.63, 3.8) is 0 Å². The van der Waals surface area contributed by atoms with Crippen LogP contribution in [0.5, 0.6) is 0 Å². The number of hydrogen-bond acceptors (Lipinski definition) is 4. The molecule has 1 aromatic carbocycles. The summed E-state index contributed by atoms with van der Waals surface area (Å²) in [5.41, 5.74) is 1.52. The van der Waals surface area contributed by atoms with Crippen LogP contribution in [0.3, 0.4) is 0 Å². The molecule has 4 fully saturated rings. The second-order valence-corrected chi connectivity index (χ2v) is 8.36. The summed E-state index contributed by atoms with van der Waals surface area (Å²) in [6, 6.07) is 7.70. The van der Waals surface area contributed by atoms with Gasteiger partial charge in [-0.25, -0.2) is 0 Å². The molecule has 0 unspecified atom stereocenters. The number of amides is 1. The van der Waals surface area contributed by atoms with Crippen molar-refractivity contribution < 1.29 is 9.21 Å². The number of carbonyl (C=O) groups is 1. The van der Waals surface area contributed by atoms with Crippen LogP contribution in [0.15, 0.2) is 28.7 Å². The van der Waals surface area contributed by atoms with Gasteiger partial charge in [-0.2, -0.15) is 0 Å². The molecule has 1 amide bonds. The molecule has 130 valence electrons. The average Bonchev–Trinajstić information content (AvgIpc) is 3.00. The maximum absolute atomic E-state index is 13.2. The average molecular weight is 337 g/mol. The number of anilines is 1. The number of aromatic nitrogens is 2. The van der Waals surface area contributed by atoms with Crippen LogP contribution in [0, 0.1) is 30.1 Å². The normalized spacial score (nSPS) is 32.8. The largest absolute Gasteiger partial charge is 0.421 e. The number of benzene rings is 1. The quantitative estimate of drug-likeness (QED) is 0.911. The van der Waals surface area contributed by atoms with E-state index in [2.05, 4.69) is 15.5 Å². The molecule has 5 heteroatoms. The number of rotatable bonds is 3. The van der Waals surface area contributed by atoms with Gasteiger partial charge in [0.05, 0.1) is 5.41 Å². The summed E-state index contributed by atoms with van der Waals surface area (Å²) in [7, 11) is 0. The van der Waals surface area contributed by atoms with E-state index in [1.165, 1.54) is 19.3 Å². The van der Waals surface area contributed by atoms with Gasteiger partial charge in [0.2, 0.25) is 17.7 Å². The minimum Gasteiger partial charge on any atom is -0.421 e. The molecule has 6 rings (SSSR count). The first-order valence-corrected chi connectivity index (χ1v) is 9.32. The van der Waals surface area contributed by atoms with Crippen LogP contribution in [0.25, 0.3) is 11.5 Å². The predicted octanol–water partition coefficient (Wildman–Crippen LogP) is 4.20. The summed E-state index contributed by atoms with van der Waals surface area (Å²) >= 11 is 0. The summed E-state index contributed by atoms with van der Waals surface area (Å²) in [6.07, 6.45) is 7.27. The lowest BCUT2D eigenvalue weighted by atomic mass is 9.49. The number of nitrogens with zero attached hydrogens (tertiary/aromatic N) is 2. The van der Waals surface area contributed by atoms with Crippen LogP contribution in [-0.4, -0.2) is 16.1 Å². The van der Waals surface area contributed by atoms with Gasteiger partial charge in [-0.1, -0.05) is 6.07 Å². The van der Waals surface area contributed by atoms with E-state index in [4.69, 9.17) is 4.42 Å². The minimum atomic E-state index is -0.133. The van der Waals surface area contributed by atoms with Gasteiger partial charge in [-0.15, -0.1) is 10.2 Å². The lowest BCUT2D eigenvalue weighted by Crippen LogP contribution is -2.51. The van der Waals surface area contributed by atoms with Crippen LogP contribution in [0.1, 0.15) is 44.4 Å². The predicted molar refractivity (Wildman–Crippen MR) is 93.7 cm³/mol. The molecule has 0 aliphatic heterocycles. The maximum atomic E-state index is 13.2. The zero-order chi connectivity index (χ0) is 17.0. The van der Waals surface area contributed by atoms with Gasteiger partial charge in [-0.3, -0.25) is 4.79 Å². The van der Waals surface area contributed by atoms with Crippen molar-refractivity contribution in [1.29, 1.82) is 0 Å². The van der Waals surface area contributed by atoms with Crippen molar-refractivity contribution in [2.45, 2.75) is 45.4 Å². The molecule has 4 aliphatic carbocycles. The Balaban J connectivity index is 1.38. The fourth-order valence-corrected chi connectivity index (χ4v) is 5.80. The van der Waals surface area contributed by atoms with E-state index in [1.807, 2.05) is 24.3 Å². The van der Waals surface area contributed by atoms with E-state index in [-0.39, 0.29) is 11.3 Å². The Bertz CT molecular complexity index is 791. The molecule has 1 heterocycles. The molecule has 4 aliphatic rings. The highest BCUT2D eigenvalue weighted by Gasteiger charge is 2.54. The van der Waals surface area contributed by atoms with E-state index in [0.29, 0.717) is 11.8 Å². The van der Waals surface area contributed by atoms with Crippen LogP contribution >= 0.6 is 0 Å². The first-order chi connectivity index (χ1) is 12.1. The van der Waals surface area contributed by atoms with E-state index in [1.54, 1.807) is 6.92 Å². The number of carbonyl (C=O) groups excluding carboxylic acids is 1. The lowest BCUT2D eigenvalue weighted by molar-refractivity contribution is -0.140. The molecular formula is C20H23N3O2. The topological polar surface area (TPSA) is 68.0 Å². The minimum absolute atomic E-state index is 0.133. The summed E-state index contributed by atoms with van der Waals surface area (Å²) in [5.74, 6) is 3.55. The molecule has 1 N–H and O–H groups in total. The zero-order valence-electron chi connectivity index (χ0n) is 14.5. The molecule has 0 saturated heterocycles. The lowest BCUT2D eigenvalue weighted by Gasteiger charge is -2.55. The van der Waals surface area contributed by atoms with Crippen molar-refractivity contribution in [3.05, 3.63) is 30.2 Å². The van der Waals surface area contributed by atoms with Gasteiger partial charge in [0.1, 0.15) is 0 Å². The van der Waals surface area contributed by atoms with Gasteiger partial charge >= 0.3 is 0 Å². The second kappa shape index (κ2) is 5.41. The molecule has 0 spiro atoms. The third kappa shape index (κ3) is 2.57. The van der Waals surface area contributed by atoms with E-state index < -0.39 is 0 Å². The maximum Gasteiger partial charge on any atom is 0.247 e. The smallest absolute Gasteiger partial charge is 0.247 e. The molecular weight excluding hydrogens is 314 g/mol. The monoisotopic (exact) mass is 337 g/mol.